The van der Waals surface area contributed by atoms with Gasteiger partial charge in [-0.05, 0) is 56.2 Å². The van der Waals surface area contributed by atoms with Gasteiger partial charge in [0.15, 0.2) is 0 Å². The average molecular weight is 353 g/mol. The monoisotopic (exact) mass is 353 g/mol. The molecule has 1 N–H and O–H groups in total. The Morgan fingerprint density at radius 1 is 1.23 bits per heavy atom. The Labute approximate surface area is 155 Å². The predicted octanol–water partition coefficient (Wildman–Crippen LogP) is 3.12. The number of hydrogen-bond acceptors (Lipinski definition) is 4. The molecule has 0 unspecified atom stereocenters. The number of piperidine rings is 1. The topological polar surface area (TPSA) is 56.7 Å². The van der Waals surface area contributed by atoms with Gasteiger partial charge < -0.3 is 5.11 Å². The molecule has 3 rings (SSSR count). The lowest BCUT2D eigenvalue weighted by Crippen LogP contribution is -2.46. The molecular weight excluding hydrogens is 326 g/mol. The van der Waals surface area contributed by atoms with Crippen LogP contribution in [0.4, 0.5) is 0 Å². The van der Waals surface area contributed by atoms with Crippen molar-refractivity contribution in [1.29, 1.82) is 0 Å². The normalized spacial score (nSPS) is 16.1. The van der Waals surface area contributed by atoms with Crippen LogP contribution in [0.25, 0.3) is 11.3 Å². The Hall–Kier alpha value is -2.24. The molecule has 0 aliphatic carbocycles. The van der Waals surface area contributed by atoms with Crippen LogP contribution < -0.4 is 0 Å². The molecule has 0 radical (unpaired) electrons. The van der Waals surface area contributed by atoms with E-state index in [0.29, 0.717) is 6.04 Å². The maximum atomic E-state index is 11.0. The number of carboxylic acid groups (broad SMARTS) is 1. The van der Waals surface area contributed by atoms with E-state index in [0.717, 1.165) is 50.3 Å². The lowest BCUT2D eigenvalue weighted by molar-refractivity contribution is -0.139. The van der Waals surface area contributed by atoms with Gasteiger partial charge in [-0.25, -0.2) is 0 Å². The molecule has 138 valence electrons. The van der Waals surface area contributed by atoms with Crippen LogP contribution in [0.5, 0.6) is 0 Å². The molecule has 2 aromatic rings. The molecule has 5 heteroatoms. The molecule has 1 fully saturated rings. The second-order valence-electron chi connectivity index (χ2n) is 6.88. The van der Waals surface area contributed by atoms with E-state index in [1.807, 2.05) is 31.3 Å². The summed E-state index contributed by atoms with van der Waals surface area (Å²) in [5.41, 5.74) is 3.45. The fourth-order valence-electron chi connectivity index (χ4n) is 3.74. The summed E-state index contributed by atoms with van der Waals surface area (Å²) in [5, 5.41) is 9.06. The fourth-order valence-corrected chi connectivity index (χ4v) is 3.74. The zero-order valence-electron chi connectivity index (χ0n) is 15.3. The summed E-state index contributed by atoms with van der Waals surface area (Å²) in [5.74, 6) is -0.736. The van der Waals surface area contributed by atoms with Crippen molar-refractivity contribution in [2.45, 2.75) is 32.4 Å². The minimum absolute atomic E-state index is 0.146. The highest BCUT2D eigenvalue weighted by Crippen LogP contribution is 2.21. The Bertz CT molecular complexity index is 712. The third-order valence-electron chi connectivity index (χ3n) is 5.11. The first-order chi connectivity index (χ1) is 12.7. The first-order valence-electron chi connectivity index (χ1n) is 9.34. The lowest BCUT2D eigenvalue weighted by Gasteiger charge is -2.37. The summed E-state index contributed by atoms with van der Waals surface area (Å²) in [7, 11) is 0. The number of likely N-dealkylation sites (N-methyl/N-ethyl adjacent to an activating group) is 1. The number of carbonyl (C=O) groups is 1. The van der Waals surface area contributed by atoms with Gasteiger partial charge in [0.25, 0.3) is 0 Å². The molecule has 26 heavy (non-hydrogen) atoms. The average Bonchev–Trinajstić information content (AvgIpc) is 2.67. The smallest absolute Gasteiger partial charge is 0.317 e. The maximum Gasteiger partial charge on any atom is 0.317 e. The van der Waals surface area contributed by atoms with E-state index in [4.69, 9.17) is 5.11 Å². The van der Waals surface area contributed by atoms with E-state index in [1.165, 1.54) is 5.56 Å². The zero-order chi connectivity index (χ0) is 18.4. The van der Waals surface area contributed by atoms with Crippen LogP contribution in [0.15, 0.2) is 48.7 Å². The van der Waals surface area contributed by atoms with E-state index in [1.54, 1.807) is 0 Å². The second-order valence-corrected chi connectivity index (χ2v) is 6.88. The molecule has 2 heterocycles. The molecule has 1 aromatic carbocycles. The van der Waals surface area contributed by atoms with Gasteiger partial charge in [-0.1, -0.05) is 31.2 Å². The number of aliphatic carboxylic acids is 1. The number of likely N-dealkylation sites (tertiary alicyclic amines) is 1. The standard InChI is InChI=1S/C21H27N3O2/c1-2-24(16-21(25)26)19-9-12-23(13-10-19)15-17-6-5-7-18(14-17)20-8-3-4-11-22-20/h3-8,11,14,19H,2,9-10,12-13,15-16H2,1H3,(H,25,26). The molecular formula is C21H27N3O2. The Kier molecular flexibility index (Phi) is 6.36. The van der Waals surface area contributed by atoms with E-state index >= 15 is 0 Å². The summed E-state index contributed by atoms with van der Waals surface area (Å²) in [6, 6.07) is 14.9. The number of nitrogens with zero attached hydrogens (tertiary/aromatic N) is 3. The molecule has 1 aromatic heterocycles. The Morgan fingerprint density at radius 2 is 2.04 bits per heavy atom. The first kappa shape index (κ1) is 18.5. The van der Waals surface area contributed by atoms with Crippen LogP contribution in [0.3, 0.4) is 0 Å². The van der Waals surface area contributed by atoms with Gasteiger partial charge in [-0.15, -0.1) is 0 Å². The van der Waals surface area contributed by atoms with E-state index < -0.39 is 5.97 Å². The van der Waals surface area contributed by atoms with Crippen molar-refractivity contribution in [2.75, 3.05) is 26.2 Å². The van der Waals surface area contributed by atoms with Crippen molar-refractivity contribution in [3.63, 3.8) is 0 Å². The highest BCUT2D eigenvalue weighted by atomic mass is 16.4. The molecule has 0 spiro atoms. The summed E-state index contributed by atoms with van der Waals surface area (Å²) in [6.07, 6.45) is 3.88. The maximum absolute atomic E-state index is 11.0. The lowest BCUT2D eigenvalue weighted by atomic mass is 10.0. The molecule has 0 atom stereocenters. The zero-order valence-corrected chi connectivity index (χ0v) is 15.3. The molecule has 0 saturated carbocycles. The van der Waals surface area contributed by atoms with Crippen LogP contribution in [-0.2, 0) is 11.3 Å². The SMILES string of the molecule is CCN(CC(=O)O)C1CCN(Cc2cccc(-c3ccccn3)c2)CC1. The minimum Gasteiger partial charge on any atom is -0.480 e. The van der Waals surface area contributed by atoms with Gasteiger partial charge in [0.05, 0.1) is 12.2 Å². The summed E-state index contributed by atoms with van der Waals surface area (Å²) in [6.45, 7) is 5.93. The Morgan fingerprint density at radius 3 is 2.69 bits per heavy atom. The predicted molar refractivity (Wildman–Crippen MR) is 103 cm³/mol. The van der Waals surface area contributed by atoms with Gasteiger partial charge in [0.2, 0.25) is 0 Å². The van der Waals surface area contributed by atoms with Gasteiger partial charge in [-0.3, -0.25) is 19.6 Å². The number of carboxylic acids is 1. The van der Waals surface area contributed by atoms with Gasteiger partial charge in [0, 0.05) is 24.3 Å². The third-order valence-corrected chi connectivity index (χ3v) is 5.11. The largest absolute Gasteiger partial charge is 0.480 e. The number of rotatable bonds is 7. The first-order valence-corrected chi connectivity index (χ1v) is 9.34. The van der Waals surface area contributed by atoms with Crippen LogP contribution in [0.1, 0.15) is 25.3 Å². The van der Waals surface area contributed by atoms with Crippen LogP contribution in [-0.4, -0.2) is 58.1 Å². The van der Waals surface area contributed by atoms with Crippen molar-refractivity contribution in [3.8, 4) is 11.3 Å². The van der Waals surface area contributed by atoms with Crippen molar-refractivity contribution in [2.24, 2.45) is 0 Å². The quantitative estimate of drug-likeness (QED) is 0.829. The number of pyridine rings is 1. The van der Waals surface area contributed by atoms with Crippen LogP contribution in [0, 0.1) is 0 Å². The highest BCUT2D eigenvalue weighted by molar-refractivity contribution is 5.69. The number of hydrogen-bond donors (Lipinski definition) is 1. The number of aromatic nitrogens is 1. The molecule has 1 saturated heterocycles. The molecule has 5 nitrogen and oxygen atoms in total. The van der Waals surface area contributed by atoms with Gasteiger partial charge >= 0.3 is 5.97 Å². The molecule has 1 aliphatic rings. The summed E-state index contributed by atoms with van der Waals surface area (Å²) < 4.78 is 0. The van der Waals surface area contributed by atoms with Crippen molar-refractivity contribution in [3.05, 3.63) is 54.2 Å². The minimum atomic E-state index is -0.736. The third kappa shape index (κ3) is 4.90. The van der Waals surface area contributed by atoms with E-state index in [-0.39, 0.29) is 6.54 Å². The van der Waals surface area contributed by atoms with Crippen molar-refractivity contribution < 1.29 is 9.90 Å². The molecule has 0 amide bonds. The fraction of sp³-hybridized carbons (Fsp3) is 0.429. The second kappa shape index (κ2) is 8.92. The van der Waals surface area contributed by atoms with Crippen molar-refractivity contribution >= 4 is 5.97 Å². The van der Waals surface area contributed by atoms with Gasteiger partial charge in [-0.2, -0.15) is 0 Å². The van der Waals surface area contributed by atoms with Crippen LogP contribution >= 0.6 is 0 Å². The highest BCUT2D eigenvalue weighted by Gasteiger charge is 2.25. The van der Waals surface area contributed by atoms with Gasteiger partial charge in [0.1, 0.15) is 0 Å². The van der Waals surface area contributed by atoms with E-state index in [2.05, 4.69) is 39.0 Å². The number of benzene rings is 1. The summed E-state index contributed by atoms with van der Waals surface area (Å²) in [4.78, 5) is 20.0. The molecule has 1 aliphatic heterocycles. The Balaban J connectivity index is 1.57. The molecule has 0 bridgehead atoms. The van der Waals surface area contributed by atoms with Crippen LogP contribution in [0.2, 0.25) is 0 Å². The van der Waals surface area contributed by atoms with Crippen molar-refractivity contribution in [1.82, 2.24) is 14.8 Å². The summed E-state index contributed by atoms with van der Waals surface area (Å²) >= 11 is 0. The van der Waals surface area contributed by atoms with E-state index in [9.17, 15) is 4.79 Å².